The third kappa shape index (κ3) is 2.26. The Hall–Kier alpha value is 0.471. The molecule has 0 aromatic rings. The Labute approximate surface area is 96.4 Å². The fourth-order valence-electron chi connectivity index (χ4n) is 0.471. The van der Waals surface area contributed by atoms with Crippen LogP contribution in [0.15, 0.2) is 0 Å². The molecule has 2 atom stereocenters. The first-order valence-corrected chi connectivity index (χ1v) is 2.20. The number of rotatable bonds is 2. The first kappa shape index (κ1) is 10.5. The van der Waals surface area contributed by atoms with Crippen LogP contribution in [0.5, 0.6) is 0 Å². The van der Waals surface area contributed by atoms with E-state index in [4.69, 9.17) is 0 Å². The van der Waals surface area contributed by atoms with Gasteiger partial charge in [-0.1, -0.05) is 0 Å². The van der Waals surface area contributed by atoms with Crippen LogP contribution in [-0.2, 0) is 14.3 Å². The van der Waals surface area contributed by atoms with Crippen LogP contribution in [0.2, 0.25) is 0 Å². The van der Waals surface area contributed by atoms with Crippen molar-refractivity contribution >= 4 is 60.8 Å². The summed E-state index contributed by atoms with van der Waals surface area (Å²) in [5.74, 6) is -3.02. The average molecular weight is 267 g/mol. The number of hydrogen-bond donors (Lipinski definition) is 0. The smallest absolute Gasteiger partial charge is 0.547 e. The molecule has 0 aliphatic carbocycles. The summed E-state index contributed by atoms with van der Waals surface area (Å²) in [5, 5.41) is 19.5. The van der Waals surface area contributed by atoms with Gasteiger partial charge in [0.15, 0.2) is 0 Å². The van der Waals surface area contributed by atoms with Crippen molar-refractivity contribution in [3.05, 3.63) is 0 Å². The topological polar surface area (TPSA) is 92.8 Å². The van der Waals surface area contributed by atoms with E-state index >= 15 is 0 Å². The summed E-state index contributed by atoms with van der Waals surface area (Å²) in [4.78, 5) is 19.5. The maximum Gasteiger partial charge on any atom is 2.00 e. The van der Waals surface area contributed by atoms with E-state index in [1.807, 2.05) is 0 Å². The second-order valence-corrected chi connectivity index (χ2v) is 1.62. The van der Waals surface area contributed by atoms with Crippen LogP contribution in [0.4, 0.5) is 0 Å². The van der Waals surface area contributed by atoms with Crippen LogP contribution in [0.25, 0.3) is 0 Å². The molecule has 1 saturated heterocycles. The molecule has 1 rings (SSSR count). The second kappa shape index (κ2) is 3.75. The van der Waals surface area contributed by atoms with Crippen molar-refractivity contribution in [2.24, 2.45) is 0 Å². The van der Waals surface area contributed by atoms with Crippen molar-refractivity contribution in [1.82, 2.24) is 0 Å². The molecule has 0 aromatic heterocycles. The van der Waals surface area contributed by atoms with Gasteiger partial charge in [-0.15, -0.1) is 0 Å². The molecule has 5 nitrogen and oxygen atoms in total. The zero-order valence-electron chi connectivity index (χ0n) is 4.90. The zero-order chi connectivity index (χ0) is 7.02. The van der Waals surface area contributed by atoms with Gasteiger partial charge in [-0.2, -0.15) is 0 Å². The second-order valence-electron chi connectivity index (χ2n) is 1.62. The van der Waals surface area contributed by atoms with Gasteiger partial charge in [0.1, 0.15) is 12.2 Å². The van der Waals surface area contributed by atoms with Gasteiger partial charge in [0, 0.05) is 0 Å². The van der Waals surface area contributed by atoms with Crippen molar-refractivity contribution in [3.8, 4) is 0 Å². The maximum atomic E-state index is 9.75. The summed E-state index contributed by atoms with van der Waals surface area (Å²) in [5.41, 5.74) is 0. The van der Waals surface area contributed by atoms with Crippen molar-refractivity contribution in [1.29, 1.82) is 0 Å². The van der Waals surface area contributed by atoms with Gasteiger partial charge >= 0.3 is 48.9 Å². The predicted octanol–water partition coefficient (Wildman–Crippen LogP) is -4.13. The average Bonchev–Trinajstić information content (AvgIpc) is 2.39. The minimum atomic E-state index is -1.51. The molecule has 0 bridgehead atoms. The Kier molecular flexibility index (Phi) is 3.92. The van der Waals surface area contributed by atoms with E-state index in [-0.39, 0.29) is 48.9 Å². The summed E-state index contributed by atoms with van der Waals surface area (Å²) in [6.45, 7) is 0. The summed E-state index contributed by atoms with van der Waals surface area (Å²) in [7, 11) is 0. The summed E-state index contributed by atoms with van der Waals surface area (Å²) in [6.07, 6.45) is -2.59. The Balaban J connectivity index is 0.000000810. The van der Waals surface area contributed by atoms with E-state index in [1.54, 1.807) is 0 Å². The van der Waals surface area contributed by atoms with Crippen LogP contribution in [0.1, 0.15) is 0 Å². The number of epoxide rings is 1. The van der Waals surface area contributed by atoms with Gasteiger partial charge in [-0.05, 0) is 0 Å². The summed E-state index contributed by atoms with van der Waals surface area (Å²) < 4.78 is 4.12. The first-order chi connectivity index (χ1) is 4.13. The fourth-order valence-corrected chi connectivity index (χ4v) is 0.471. The monoisotopic (exact) mass is 268 g/mol. The predicted molar refractivity (Wildman–Crippen MR) is 24.4 cm³/mol. The molecule has 0 saturated carbocycles. The number of ether oxygens (including phenoxy) is 1. The molecule has 1 heterocycles. The molecule has 0 amide bonds. The van der Waals surface area contributed by atoms with Crippen molar-refractivity contribution < 1.29 is 24.5 Å². The molecule has 2 unspecified atom stereocenters. The largest absolute Gasteiger partial charge is 2.00 e. The SMILES string of the molecule is O=C([O-])C1OC1C(=O)[O-].[Ba+2]. The van der Waals surface area contributed by atoms with Crippen molar-refractivity contribution in [2.45, 2.75) is 12.2 Å². The van der Waals surface area contributed by atoms with Crippen molar-refractivity contribution in [2.75, 3.05) is 0 Å². The molecular weight excluding hydrogens is 265 g/mol. The number of carbonyl (C=O) groups excluding carboxylic acids is 2. The number of carbonyl (C=O) groups is 2. The molecule has 0 N–H and O–H groups in total. The molecule has 6 heteroatoms. The Morgan fingerprint density at radius 1 is 1.10 bits per heavy atom. The van der Waals surface area contributed by atoms with E-state index in [1.165, 1.54) is 0 Å². The third-order valence-corrected chi connectivity index (χ3v) is 0.956. The number of carboxylic acid groups (broad SMARTS) is 2. The van der Waals surface area contributed by atoms with E-state index in [9.17, 15) is 19.8 Å². The first-order valence-electron chi connectivity index (χ1n) is 2.20. The van der Waals surface area contributed by atoms with Gasteiger partial charge in [0.2, 0.25) is 0 Å². The number of aliphatic carboxylic acids is 2. The van der Waals surface area contributed by atoms with Crippen LogP contribution >= 0.6 is 0 Å². The number of carboxylic acids is 2. The molecular formula is C4H2BaO5. The van der Waals surface area contributed by atoms with E-state index < -0.39 is 24.1 Å². The minimum absolute atomic E-state index is 0. The van der Waals surface area contributed by atoms with Crippen LogP contribution in [0, 0.1) is 0 Å². The molecule has 50 valence electrons. The Morgan fingerprint density at radius 2 is 1.40 bits per heavy atom. The Bertz CT molecular complexity index is 149. The van der Waals surface area contributed by atoms with Gasteiger partial charge in [-0.3, -0.25) is 0 Å². The molecule has 1 aliphatic heterocycles. The van der Waals surface area contributed by atoms with E-state index in [2.05, 4.69) is 4.74 Å². The molecule has 0 radical (unpaired) electrons. The quantitative estimate of drug-likeness (QED) is 0.374. The molecule has 0 spiro atoms. The third-order valence-electron chi connectivity index (χ3n) is 0.956. The van der Waals surface area contributed by atoms with Crippen LogP contribution in [-0.4, -0.2) is 73.0 Å². The normalized spacial score (nSPS) is 28.4. The van der Waals surface area contributed by atoms with E-state index in [0.717, 1.165) is 0 Å². The van der Waals surface area contributed by atoms with Crippen LogP contribution < -0.4 is 10.2 Å². The minimum Gasteiger partial charge on any atom is -0.547 e. The summed E-state index contributed by atoms with van der Waals surface area (Å²) in [6, 6.07) is 0. The fraction of sp³-hybridized carbons (Fsp3) is 0.500. The molecule has 0 aromatic carbocycles. The number of hydrogen-bond acceptors (Lipinski definition) is 5. The maximum absolute atomic E-state index is 9.75. The molecule has 10 heavy (non-hydrogen) atoms. The van der Waals surface area contributed by atoms with E-state index in [0.29, 0.717) is 0 Å². The van der Waals surface area contributed by atoms with Crippen molar-refractivity contribution in [3.63, 3.8) is 0 Å². The molecule has 1 aliphatic rings. The summed E-state index contributed by atoms with van der Waals surface area (Å²) >= 11 is 0. The standard InChI is InChI=1S/C4H4O5.Ba/c5-3(6)1-2(9-1)4(7)8;/h1-2H,(H,5,6)(H,7,8);/q;+2/p-2. The van der Waals surface area contributed by atoms with Crippen LogP contribution in [0.3, 0.4) is 0 Å². The molecule has 1 fully saturated rings. The van der Waals surface area contributed by atoms with Gasteiger partial charge < -0.3 is 24.5 Å². The Morgan fingerprint density at radius 3 is 1.50 bits per heavy atom. The zero-order valence-corrected chi connectivity index (χ0v) is 9.34. The van der Waals surface area contributed by atoms with Gasteiger partial charge in [-0.25, -0.2) is 0 Å². The van der Waals surface area contributed by atoms with Gasteiger partial charge in [0.05, 0.1) is 11.9 Å². The van der Waals surface area contributed by atoms with Gasteiger partial charge in [0.25, 0.3) is 0 Å².